The summed E-state index contributed by atoms with van der Waals surface area (Å²) in [5.41, 5.74) is 2.38. The normalized spacial score (nSPS) is 17.3. The standard InChI is InChI=1S/C25H30N4O5/c1-16(2)22(29-25(33)34-14-17-7-4-3-5-8-17)21(30)12-18-11-19-13-26-15-28-20(19)9-6-10-27-24(32)23(18)31/h3-5,7-8,13,15-16,18,22H,6,9-12,14H2,1-2H3,(H,27,32)(H,29,33). The average molecular weight is 467 g/mol. The predicted octanol–water partition coefficient (Wildman–Crippen LogP) is 2.18. The van der Waals surface area contributed by atoms with Crippen molar-refractivity contribution in [2.75, 3.05) is 6.54 Å². The number of carbonyl (C=O) groups excluding carboxylic acids is 4. The van der Waals surface area contributed by atoms with E-state index in [2.05, 4.69) is 20.6 Å². The van der Waals surface area contributed by atoms with Crippen molar-refractivity contribution >= 4 is 23.6 Å². The number of ketones is 2. The summed E-state index contributed by atoms with van der Waals surface area (Å²) < 4.78 is 5.25. The number of aromatic nitrogens is 2. The highest BCUT2D eigenvalue weighted by molar-refractivity contribution is 6.37. The molecule has 0 spiro atoms. The highest BCUT2D eigenvalue weighted by Gasteiger charge is 2.33. The topological polar surface area (TPSA) is 127 Å². The number of nitrogens with zero attached hydrogens (tertiary/aromatic N) is 2. The van der Waals surface area contributed by atoms with E-state index in [0.29, 0.717) is 19.4 Å². The minimum Gasteiger partial charge on any atom is -0.445 e. The molecular formula is C25H30N4O5. The van der Waals surface area contributed by atoms with E-state index in [0.717, 1.165) is 16.8 Å². The number of benzene rings is 1. The average Bonchev–Trinajstić information content (AvgIpc) is 2.83. The van der Waals surface area contributed by atoms with Crippen LogP contribution in [0.25, 0.3) is 0 Å². The summed E-state index contributed by atoms with van der Waals surface area (Å²) >= 11 is 0. The van der Waals surface area contributed by atoms with E-state index in [4.69, 9.17) is 4.74 Å². The van der Waals surface area contributed by atoms with Crippen molar-refractivity contribution in [1.29, 1.82) is 0 Å². The third kappa shape index (κ3) is 6.94. The SMILES string of the molecule is CC(C)C(NC(=O)OCc1ccccc1)C(=O)CC1Cc2cncnc2CCCNC(=O)C1=O. The van der Waals surface area contributed by atoms with Gasteiger partial charge in [0, 0.05) is 30.8 Å². The Bertz CT molecular complexity index is 1020. The molecule has 0 aliphatic carbocycles. The second-order valence-electron chi connectivity index (χ2n) is 8.72. The summed E-state index contributed by atoms with van der Waals surface area (Å²) in [4.78, 5) is 59.1. The van der Waals surface area contributed by atoms with Gasteiger partial charge in [-0.2, -0.15) is 0 Å². The van der Waals surface area contributed by atoms with Gasteiger partial charge >= 0.3 is 6.09 Å². The Hall–Kier alpha value is -3.62. The molecule has 0 radical (unpaired) electrons. The van der Waals surface area contributed by atoms with Crippen LogP contribution in [0.15, 0.2) is 42.9 Å². The van der Waals surface area contributed by atoms with E-state index in [9.17, 15) is 19.2 Å². The first-order valence-electron chi connectivity index (χ1n) is 11.4. The zero-order valence-corrected chi connectivity index (χ0v) is 19.5. The monoisotopic (exact) mass is 466 g/mol. The third-order valence-corrected chi connectivity index (χ3v) is 5.77. The Morgan fingerprint density at radius 3 is 2.71 bits per heavy atom. The maximum absolute atomic E-state index is 13.2. The number of nitrogens with one attached hydrogen (secondary N) is 2. The Labute approximate surface area is 198 Å². The van der Waals surface area contributed by atoms with E-state index in [1.807, 2.05) is 30.3 Å². The summed E-state index contributed by atoms with van der Waals surface area (Å²) in [5.74, 6) is -2.81. The maximum Gasteiger partial charge on any atom is 0.408 e. The largest absolute Gasteiger partial charge is 0.445 e. The Morgan fingerprint density at radius 1 is 1.21 bits per heavy atom. The van der Waals surface area contributed by atoms with Crippen LogP contribution >= 0.6 is 0 Å². The number of rotatable bonds is 7. The van der Waals surface area contributed by atoms with Gasteiger partial charge in [0.25, 0.3) is 5.91 Å². The minimum absolute atomic E-state index is 0.0732. The van der Waals surface area contributed by atoms with Crippen molar-refractivity contribution in [3.8, 4) is 0 Å². The van der Waals surface area contributed by atoms with Crippen molar-refractivity contribution in [1.82, 2.24) is 20.6 Å². The summed E-state index contributed by atoms with van der Waals surface area (Å²) in [5, 5.41) is 5.24. The third-order valence-electron chi connectivity index (χ3n) is 5.77. The fraction of sp³-hybridized carbons (Fsp3) is 0.440. The molecule has 1 aromatic carbocycles. The Kier molecular flexibility index (Phi) is 8.84. The molecule has 34 heavy (non-hydrogen) atoms. The van der Waals surface area contributed by atoms with Gasteiger partial charge in [0.15, 0.2) is 5.78 Å². The molecule has 180 valence electrons. The van der Waals surface area contributed by atoms with Crippen LogP contribution < -0.4 is 10.6 Å². The van der Waals surface area contributed by atoms with Crippen molar-refractivity contribution < 1.29 is 23.9 Å². The van der Waals surface area contributed by atoms with Crippen LogP contribution in [-0.4, -0.2) is 46.1 Å². The van der Waals surface area contributed by atoms with E-state index in [1.54, 1.807) is 20.0 Å². The number of amides is 2. The number of aryl methyl sites for hydroxylation is 1. The molecule has 2 N–H and O–H groups in total. The van der Waals surface area contributed by atoms with Crippen LogP contribution in [0.2, 0.25) is 0 Å². The number of Topliss-reactive ketones (excluding diaryl/α,β-unsaturated/α-hetero) is 2. The first kappa shape index (κ1) is 25.0. The smallest absolute Gasteiger partial charge is 0.408 e. The van der Waals surface area contributed by atoms with Crippen LogP contribution in [0.5, 0.6) is 0 Å². The fourth-order valence-corrected chi connectivity index (χ4v) is 3.91. The molecule has 3 rings (SSSR count). The number of fused-ring (bicyclic) bond motifs is 1. The fourth-order valence-electron chi connectivity index (χ4n) is 3.91. The molecule has 0 saturated carbocycles. The Balaban J connectivity index is 1.70. The van der Waals surface area contributed by atoms with Gasteiger partial charge in [-0.25, -0.2) is 14.8 Å². The lowest BCUT2D eigenvalue weighted by atomic mass is 9.85. The lowest BCUT2D eigenvalue weighted by Crippen LogP contribution is -2.46. The van der Waals surface area contributed by atoms with Gasteiger partial charge in [-0.1, -0.05) is 44.2 Å². The van der Waals surface area contributed by atoms with Crippen LogP contribution in [0.1, 0.15) is 43.5 Å². The molecule has 2 heterocycles. The number of hydrogen-bond donors (Lipinski definition) is 2. The lowest BCUT2D eigenvalue weighted by molar-refractivity contribution is -0.141. The molecule has 1 aliphatic heterocycles. The number of carbonyl (C=O) groups is 4. The highest BCUT2D eigenvalue weighted by Crippen LogP contribution is 2.20. The van der Waals surface area contributed by atoms with Crippen LogP contribution in [0, 0.1) is 11.8 Å². The summed E-state index contributed by atoms with van der Waals surface area (Å²) in [6.07, 6.45) is 3.63. The molecule has 1 aliphatic rings. The number of ether oxygens (including phenoxy) is 1. The summed E-state index contributed by atoms with van der Waals surface area (Å²) in [6, 6.07) is 8.34. The van der Waals surface area contributed by atoms with Gasteiger partial charge in [-0.3, -0.25) is 14.4 Å². The Morgan fingerprint density at radius 2 is 1.97 bits per heavy atom. The van der Waals surface area contributed by atoms with Gasteiger partial charge in [0.1, 0.15) is 12.9 Å². The first-order valence-corrected chi connectivity index (χ1v) is 11.4. The number of alkyl carbamates (subject to hydrolysis) is 1. The molecule has 9 heteroatoms. The van der Waals surface area contributed by atoms with Crippen molar-refractivity contribution in [3.63, 3.8) is 0 Å². The van der Waals surface area contributed by atoms with Crippen molar-refractivity contribution in [3.05, 3.63) is 59.7 Å². The zero-order valence-electron chi connectivity index (χ0n) is 19.5. The quantitative estimate of drug-likeness (QED) is 0.599. The van der Waals surface area contributed by atoms with Gasteiger partial charge in [-0.05, 0) is 36.3 Å². The first-order chi connectivity index (χ1) is 16.3. The molecule has 0 saturated heterocycles. The number of hydrogen-bond acceptors (Lipinski definition) is 7. The van der Waals surface area contributed by atoms with E-state index in [1.165, 1.54) is 6.33 Å². The van der Waals surface area contributed by atoms with Crippen LogP contribution in [-0.2, 0) is 38.6 Å². The van der Waals surface area contributed by atoms with Gasteiger partial charge in [0.05, 0.1) is 6.04 Å². The second kappa shape index (κ2) is 12.0. The summed E-state index contributed by atoms with van der Waals surface area (Å²) in [7, 11) is 0. The molecule has 2 unspecified atom stereocenters. The van der Waals surface area contributed by atoms with Crippen molar-refractivity contribution in [2.45, 2.75) is 52.2 Å². The van der Waals surface area contributed by atoms with Gasteiger partial charge < -0.3 is 15.4 Å². The van der Waals surface area contributed by atoms with Crippen molar-refractivity contribution in [2.24, 2.45) is 11.8 Å². The highest BCUT2D eigenvalue weighted by atomic mass is 16.5. The molecule has 0 bridgehead atoms. The van der Waals surface area contributed by atoms with Gasteiger partial charge in [0.2, 0.25) is 5.78 Å². The lowest BCUT2D eigenvalue weighted by Gasteiger charge is -2.24. The molecule has 2 aromatic rings. The molecule has 2 amide bonds. The molecule has 2 atom stereocenters. The minimum atomic E-state index is -0.876. The van der Waals surface area contributed by atoms with Gasteiger partial charge in [-0.15, -0.1) is 0 Å². The molecular weight excluding hydrogens is 436 g/mol. The summed E-state index contributed by atoms with van der Waals surface area (Å²) in [6.45, 7) is 4.01. The zero-order chi connectivity index (χ0) is 24.5. The molecule has 9 nitrogen and oxygen atoms in total. The molecule has 1 aromatic heterocycles. The second-order valence-corrected chi connectivity index (χ2v) is 8.72. The van der Waals surface area contributed by atoms with E-state index >= 15 is 0 Å². The van der Waals surface area contributed by atoms with Crippen LogP contribution in [0.3, 0.4) is 0 Å². The molecule has 0 fully saturated rings. The maximum atomic E-state index is 13.2. The van der Waals surface area contributed by atoms with Crippen LogP contribution in [0.4, 0.5) is 4.79 Å². The predicted molar refractivity (Wildman–Crippen MR) is 124 cm³/mol. The van der Waals surface area contributed by atoms with E-state index < -0.39 is 29.7 Å². The van der Waals surface area contributed by atoms with E-state index in [-0.39, 0.29) is 31.1 Å².